The Labute approximate surface area is 183 Å². The maximum Gasteiger partial charge on any atom is 0.238 e. The molecule has 2 amide bonds. The number of hydrogen-bond donors (Lipinski definition) is 1. The summed E-state index contributed by atoms with van der Waals surface area (Å²) in [6.45, 7) is 4.32. The molecule has 1 heterocycles. The van der Waals surface area contributed by atoms with Crippen molar-refractivity contribution in [2.24, 2.45) is 5.92 Å². The molecule has 0 spiro atoms. The Bertz CT molecular complexity index is 904. The minimum absolute atomic E-state index is 0.0412. The van der Waals surface area contributed by atoms with Crippen molar-refractivity contribution in [2.75, 3.05) is 16.0 Å². The SMILES string of the molecule is CC(C)c1ccccc1N1C(=O)CS[C@@H]1c1ccc(NC(=O)C2CCCCC2)cc1. The number of para-hydroxylation sites is 1. The Morgan fingerprint density at radius 1 is 1.03 bits per heavy atom. The van der Waals surface area contributed by atoms with Crippen LogP contribution in [0.3, 0.4) is 0 Å². The van der Waals surface area contributed by atoms with E-state index in [2.05, 4.69) is 25.2 Å². The van der Waals surface area contributed by atoms with E-state index in [0.29, 0.717) is 11.7 Å². The Hall–Kier alpha value is -2.27. The highest BCUT2D eigenvalue weighted by molar-refractivity contribution is 8.00. The van der Waals surface area contributed by atoms with Crippen molar-refractivity contribution < 1.29 is 9.59 Å². The number of nitrogens with one attached hydrogen (secondary N) is 1. The number of carbonyl (C=O) groups excluding carboxylic acids is 2. The molecule has 1 aliphatic heterocycles. The summed E-state index contributed by atoms with van der Waals surface area (Å²) >= 11 is 1.66. The lowest BCUT2D eigenvalue weighted by Gasteiger charge is -2.28. The smallest absolute Gasteiger partial charge is 0.238 e. The summed E-state index contributed by atoms with van der Waals surface area (Å²) in [6.07, 6.45) is 5.53. The second-order valence-corrected chi connectivity index (χ2v) is 9.66. The number of amides is 2. The predicted molar refractivity (Wildman–Crippen MR) is 125 cm³/mol. The van der Waals surface area contributed by atoms with E-state index >= 15 is 0 Å². The zero-order valence-corrected chi connectivity index (χ0v) is 18.6. The van der Waals surface area contributed by atoms with Crippen LogP contribution in [0.1, 0.15) is 68.4 Å². The maximum atomic E-state index is 12.8. The molecule has 2 aliphatic rings. The van der Waals surface area contributed by atoms with Gasteiger partial charge >= 0.3 is 0 Å². The van der Waals surface area contributed by atoms with Gasteiger partial charge in [0, 0.05) is 17.3 Å². The summed E-state index contributed by atoms with van der Waals surface area (Å²) in [5.41, 5.74) is 4.11. The fourth-order valence-electron chi connectivity index (χ4n) is 4.47. The van der Waals surface area contributed by atoms with Crippen LogP contribution in [-0.4, -0.2) is 17.6 Å². The van der Waals surface area contributed by atoms with E-state index in [0.717, 1.165) is 42.6 Å². The van der Waals surface area contributed by atoms with Crippen molar-refractivity contribution in [1.29, 1.82) is 0 Å². The van der Waals surface area contributed by atoms with Crippen molar-refractivity contribution in [3.8, 4) is 0 Å². The first-order chi connectivity index (χ1) is 14.5. The van der Waals surface area contributed by atoms with E-state index in [4.69, 9.17) is 0 Å². The van der Waals surface area contributed by atoms with E-state index in [-0.39, 0.29) is 23.1 Å². The Kier molecular flexibility index (Phi) is 6.47. The molecule has 2 aromatic rings. The van der Waals surface area contributed by atoms with Crippen molar-refractivity contribution >= 4 is 35.0 Å². The van der Waals surface area contributed by atoms with Crippen LogP contribution in [0.5, 0.6) is 0 Å². The summed E-state index contributed by atoms with van der Waals surface area (Å²) in [6, 6.07) is 16.2. The molecule has 2 aromatic carbocycles. The first-order valence-electron chi connectivity index (χ1n) is 11.0. The molecular weight excluding hydrogens is 392 g/mol. The molecule has 0 radical (unpaired) electrons. The number of anilines is 2. The molecule has 1 saturated carbocycles. The zero-order chi connectivity index (χ0) is 21.1. The maximum absolute atomic E-state index is 12.8. The van der Waals surface area contributed by atoms with Crippen molar-refractivity contribution in [3.63, 3.8) is 0 Å². The third-order valence-electron chi connectivity index (χ3n) is 6.13. The van der Waals surface area contributed by atoms with Crippen LogP contribution in [0.4, 0.5) is 11.4 Å². The summed E-state index contributed by atoms with van der Waals surface area (Å²) < 4.78 is 0. The quantitative estimate of drug-likeness (QED) is 0.633. The Morgan fingerprint density at radius 2 is 1.73 bits per heavy atom. The van der Waals surface area contributed by atoms with Crippen LogP contribution >= 0.6 is 11.8 Å². The minimum Gasteiger partial charge on any atom is -0.326 e. The second-order valence-electron chi connectivity index (χ2n) is 8.59. The van der Waals surface area contributed by atoms with Gasteiger partial charge in [0.05, 0.1) is 5.75 Å². The summed E-state index contributed by atoms with van der Waals surface area (Å²) in [5.74, 6) is 1.26. The molecule has 0 unspecified atom stereocenters. The zero-order valence-electron chi connectivity index (χ0n) is 17.8. The molecule has 5 heteroatoms. The van der Waals surface area contributed by atoms with Gasteiger partial charge in [-0.25, -0.2) is 0 Å². The first kappa shape index (κ1) is 21.0. The third kappa shape index (κ3) is 4.41. The van der Waals surface area contributed by atoms with E-state index in [1.807, 2.05) is 47.4 Å². The highest BCUT2D eigenvalue weighted by Gasteiger charge is 2.35. The Morgan fingerprint density at radius 3 is 2.43 bits per heavy atom. The van der Waals surface area contributed by atoms with Gasteiger partial charge in [0.25, 0.3) is 0 Å². The molecule has 1 N–H and O–H groups in total. The van der Waals surface area contributed by atoms with Gasteiger partial charge in [0.2, 0.25) is 11.8 Å². The van der Waals surface area contributed by atoms with Gasteiger partial charge in [0.1, 0.15) is 5.37 Å². The highest BCUT2D eigenvalue weighted by Crippen LogP contribution is 2.44. The summed E-state index contributed by atoms with van der Waals surface area (Å²) in [7, 11) is 0. The lowest BCUT2D eigenvalue weighted by molar-refractivity contribution is -0.120. The molecule has 30 heavy (non-hydrogen) atoms. The molecule has 4 rings (SSSR count). The van der Waals surface area contributed by atoms with E-state index < -0.39 is 0 Å². The summed E-state index contributed by atoms with van der Waals surface area (Å²) in [5, 5.41) is 3.04. The van der Waals surface area contributed by atoms with Gasteiger partial charge in [-0.3, -0.25) is 14.5 Å². The van der Waals surface area contributed by atoms with E-state index in [1.54, 1.807) is 11.8 Å². The van der Waals surface area contributed by atoms with Crippen LogP contribution in [0.2, 0.25) is 0 Å². The Balaban J connectivity index is 1.52. The van der Waals surface area contributed by atoms with Crippen LogP contribution in [-0.2, 0) is 9.59 Å². The molecule has 1 saturated heterocycles. The van der Waals surface area contributed by atoms with Crippen LogP contribution in [0, 0.1) is 5.92 Å². The number of benzene rings is 2. The fourth-order valence-corrected chi connectivity index (χ4v) is 5.64. The molecule has 2 fully saturated rings. The average molecular weight is 423 g/mol. The van der Waals surface area contributed by atoms with Gasteiger partial charge in [-0.2, -0.15) is 0 Å². The lowest BCUT2D eigenvalue weighted by atomic mass is 9.88. The molecule has 4 nitrogen and oxygen atoms in total. The molecule has 0 aromatic heterocycles. The largest absolute Gasteiger partial charge is 0.326 e. The van der Waals surface area contributed by atoms with Gasteiger partial charge in [-0.15, -0.1) is 11.8 Å². The third-order valence-corrected chi connectivity index (χ3v) is 7.34. The van der Waals surface area contributed by atoms with E-state index in [1.165, 1.54) is 12.0 Å². The number of rotatable bonds is 5. The van der Waals surface area contributed by atoms with Crippen LogP contribution < -0.4 is 10.2 Å². The van der Waals surface area contributed by atoms with Gasteiger partial charge < -0.3 is 5.32 Å². The normalized spacial score (nSPS) is 20.0. The van der Waals surface area contributed by atoms with E-state index in [9.17, 15) is 9.59 Å². The van der Waals surface area contributed by atoms with Crippen molar-refractivity contribution in [3.05, 3.63) is 59.7 Å². The van der Waals surface area contributed by atoms with Gasteiger partial charge in [-0.05, 0) is 48.1 Å². The number of hydrogen-bond acceptors (Lipinski definition) is 3. The molecule has 1 atom stereocenters. The van der Waals surface area contributed by atoms with Crippen molar-refractivity contribution in [1.82, 2.24) is 0 Å². The number of carbonyl (C=O) groups is 2. The topological polar surface area (TPSA) is 49.4 Å². The van der Waals surface area contributed by atoms with Crippen LogP contribution in [0.15, 0.2) is 48.5 Å². The predicted octanol–water partition coefficient (Wildman–Crippen LogP) is 6.11. The monoisotopic (exact) mass is 422 g/mol. The molecule has 158 valence electrons. The standard InChI is InChI=1S/C25H30N2O2S/c1-17(2)21-10-6-7-11-22(21)27-23(28)16-30-25(27)19-12-14-20(15-13-19)26-24(29)18-8-4-3-5-9-18/h6-7,10-15,17-18,25H,3-5,8-9,16H2,1-2H3,(H,26,29)/t25-/m1/s1. The van der Waals surface area contributed by atoms with Gasteiger partial charge in [0.15, 0.2) is 0 Å². The summed E-state index contributed by atoms with van der Waals surface area (Å²) in [4.78, 5) is 27.2. The molecule has 0 bridgehead atoms. The molecular formula is C25H30N2O2S. The number of nitrogens with zero attached hydrogens (tertiary/aromatic N) is 1. The fraction of sp³-hybridized carbons (Fsp3) is 0.440. The second kappa shape index (κ2) is 9.25. The number of thioether (sulfide) groups is 1. The van der Waals surface area contributed by atoms with Crippen LogP contribution in [0.25, 0.3) is 0 Å². The highest BCUT2D eigenvalue weighted by atomic mass is 32.2. The van der Waals surface area contributed by atoms with Crippen molar-refractivity contribution in [2.45, 2.75) is 57.2 Å². The molecule has 1 aliphatic carbocycles. The lowest BCUT2D eigenvalue weighted by Crippen LogP contribution is -2.29. The average Bonchev–Trinajstić information content (AvgIpc) is 3.16. The minimum atomic E-state index is -0.0412. The van der Waals surface area contributed by atoms with Gasteiger partial charge in [-0.1, -0.05) is 63.4 Å². The first-order valence-corrected chi connectivity index (χ1v) is 12.0.